The first-order valence-corrected chi connectivity index (χ1v) is 13.4. The highest BCUT2D eigenvalue weighted by atomic mass is 32.2. The Kier molecular flexibility index (Phi) is 5.79. The summed E-state index contributed by atoms with van der Waals surface area (Å²) in [7, 11) is -4.06. The van der Waals surface area contributed by atoms with Crippen molar-refractivity contribution < 1.29 is 26.4 Å². The summed E-state index contributed by atoms with van der Waals surface area (Å²) in [5.41, 5.74) is -1.06. The molecule has 0 radical (unpaired) electrons. The fraction of sp³-hybridized carbons (Fsp3) is 0.708. The van der Waals surface area contributed by atoms with Gasteiger partial charge in [-0.05, 0) is 93.2 Å². The number of halogens is 3. The van der Waals surface area contributed by atoms with Gasteiger partial charge >= 0.3 is 6.18 Å². The molecule has 182 valence electrons. The molecule has 1 unspecified atom stereocenters. The lowest BCUT2D eigenvalue weighted by Gasteiger charge is -2.57. The molecule has 4 bridgehead atoms. The minimum absolute atomic E-state index is 0.0136. The average molecular weight is 485 g/mol. The Morgan fingerprint density at radius 3 is 2.33 bits per heavy atom. The predicted molar refractivity (Wildman–Crippen MR) is 117 cm³/mol. The van der Waals surface area contributed by atoms with Crippen LogP contribution in [-0.2, 0) is 21.0 Å². The summed E-state index contributed by atoms with van der Waals surface area (Å²) in [6.07, 6.45) is 4.04. The minimum atomic E-state index is -4.61. The number of nitrogens with one attached hydrogen (secondary N) is 1. The molecular formula is C24H31F3N2O3S. The second-order valence-corrected chi connectivity index (χ2v) is 12.8. The van der Waals surface area contributed by atoms with Crippen LogP contribution in [0, 0.1) is 23.7 Å². The summed E-state index contributed by atoms with van der Waals surface area (Å²) in [5.74, 6) is 2.02. The van der Waals surface area contributed by atoms with Crippen LogP contribution in [0.3, 0.4) is 0 Å². The number of carbonyl (C=O) groups excluding carboxylic acids is 1. The van der Waals surface area contributed by atoms with Crippen LogP contribution in [0.15, 0.2) is 29.2 Å². The maximum atomic E-state index is 13.1. The molecule has 1 aromatic rings. The molecule has 1 aliphatic heterocycles. The second kappa shape index (κ2) is 8.26. The Balaban J connectivity index is 1.23. The van der Waals surface area contributed by atoms with Crippen LogP contribution in [0.4, 0.5) is 13.2 Å². The zero-order valence-corrected chi connectivity index (χ0v) is 19.4. The van der Waals surface area contributed by atoms with Crippen LogP contribution >= 0.6 is 0 Å². The first-order chi connectivity index (χ1) is 15.5. The normalized spacial score (nSPS) is 34.4. The van der Waals surface area contributed by atoms with Crippen molar-refractivity contribution in [1.29, 1.82) is 0 Å². The molecule has 0 aromatic heterocycles. The van der Waals surface area contributed by atoms with E-state index in [0.717, 1.165) is 55.6 Å². The predicted octanol–water partition coefficient (Wildman–Crippen LogP) is 4.58. The van der Waals surface area contributed by atoms with Crippen molar-refractivity contribution in [3.8, 4) is 0 Å². The third kappa shape index (κ3) is 4.67. The van der Waals surface area contributed by atoms with E-state index in [-0.39, 0.29) is 41.8 Å². The Morgan fingerprint density at radius 1 is 1.09 bits per heavy atom. The average Bonchev–Trinajstić information content (AvgIpc) is 2.72. The van der Waals surface area contributed by atoms with Crippen LogP contribution in [0.5, 0.6) is 0 Å². The number of rotatable bonds is 5. The Morgan fingerprint density at radius 2 is 1.73 bits per heavy atom. The smallest absolute Gasteiger partial charge is 0.351 e. The third-order valence-corrected chi connectivity index (χ3v) is 10.1. The summed E-state index contributed by atoms with van der Waals surface area (Å²) in [6, 6.07) is 3.88. The lowest BCUT2D eigenvalue weighted by Crippen LogP contribution is -2.60. The van der Waals surface area contributed by atoms with Crippen molar-refractivity contribution in [3.63, 3.8) is 0 Å². The van der Waals surface area contributed by atoms with Gasteiger partial charge in [-0.15, -0.1) is 0 Å². The van der Waals surface area contributed by atoms with E-state index in [4.69, 9.17) is 0 Å². The SMILES string of the molecule is O=C(CC1CCCN(S(=O)(=O)c2cccc(C(F)(F)F)c2)C1)NC12CC3CC(CC(C3)C1)C2. The molecule has 1 saturated heterocycles. The maximum absolute atomic E-state index is 13.1. The van der Waals surface area contributed by atoms with Gasteiger partial charge in [-0.2, -0.15) is 17.5 Å². The standard InChI is InChI=1S/C24H31F3N2O3S/c25-24(26,27)20-4-1-5-21(11-20)33(31,32)29-6-2-3-16(15-29)10-22(30)28-23-12-17-7-18(13-23)9-19(8-17)14-23/h1,4-5,11,16-19H,2-3,6-10,12-15H2,(H,28,30). The molecule has 1 N–H and O–H groups in total. The van der Waals surface area contributed by atoms with Gasteiger partial charge in [0.2, 0.25) is 15.9 Å². The first kappa shape index (κ1) is 23.1. The second-order valence-electron chi connectivity index (χ2n) is 10.8. The first-order valence-electron chi connectivity index (χ1n) is 12.0. The van der Waals surface area contributed by atoms with Crippen LogP contribution in [0.25, 0.3) is 0 Å². The van der Waals surface area contributed by atoms with Gasteiger partial charge in [0.25, 0.3) is 0 Å². The van der Waals surface area contributed by atoms with E-state index in [2.05, 4.69) is 5.32 Å². The molecule has 1 aromatic carbocycles. The molecule has 9 heteroatoms. The summed E-state index contributed by atoms with van der Waals surface area (Å²) in [6.45, 7) is 0.415. The largest absolute Gasteiger partial charge is 0.416 e. The molecular weight excluding hydrogens is 453 g/mol. The quantitative estimate of drug-likeness (QED) is 0.665. The van der Waals surface area contributed by atoms with Crippen molar-refractivity contribution in [1.82, 2.24) is 9.62 Å². The van der Waals surface area contributed by atoms with Gasteiger partial charge in [-0.1, -0.05) is 6.07 Å². The van der Waals surface area contributed by atoms with Crippen molar-refractivity contribution in [2.75, 3.05) is 13.1 Å². The number of nitrogens with zero attached hydrogens (tertiary/aromatic N) is 1. The highest BCUT2D eigenvalue weighted by Crippen LogP contribution is 2.55. The van der Waals surface area contributed by atoms with Crippen molar-refractivity contribution in [2.24, 2.45) is 23.7 Å². The molecule has 33 heavy (non-hydrogen) atoms. The van der Waals surface area contributed by atoms with Crippen molar-refractivity contribution >= 4 is 15.9 Å². The molecule has 5 aliphatic rings. The molecule has 6 rings (SSSR count). The summed E-state index contributed by atoms with van der Waals surface area (Å²) in [4.78, 5) is 12.6. The van der Waals surface area contributed by atoms with E-state index in [9.17, 15) is 26.4 Å². The van der Waals surface area contributed by atoms with Crippen LogP contribution in [-0.4, -0.2) is 37.3 Å². The van der Waals surface area contributed by atoms with Gasteiger partial charge in [0.1, 0.15) is 0 Å². The van der Waals surface area contributed by atoms with E-state index in [1.54, 1.807) is 0 Å². The number of hydrogen-bond donors (Lipinski definition) is 1. The molecule has 4 aliphatic carbocycles. The maximum Gasteiger partial charge on any atom is 0.416 e. The number of carbonyl (C=O) groups is 1. The zero-order valence-electron chi connectivity index (χ0n) is 18.6. The highest BCUT2D eigenvalue weighted by molar-refractivity contribution is 7.89. The van der Waals surface area contributed by atoms with Crippen molar-refractivity contribution in [3.05, 3.63) is 29.8 Å². The van der Waals surface area contributed by atoms with Gasteiger partial charge < -0.3 is 5.32 Å². The minimum Gasteiger partial charge on any atom is -0.351 e. The van der Waals surface area contributed by atoms with Crippen LogP contribution in [0.2, 0.25) is 0 Å². The van der Waals surface area contributed by atoms with Gasteiger partial charge in [0, 0.05) is 25.0 Å². The van der Waals surface area contributed by atoms with E-state index in [1.807, 2.05) is 0 Å². The molecule has 4 saturated carbocycles. The van der Waals surface area contributed by atoms with Gasteiger partial charge in [0.15, 0.2) is 0 Å². The number of hydrogen-bond acceptors (Lipinski definition) is 3. The highest BCUT2D eigenvalue weighted by Gasteiger charge is 2.51. The fourth-order valence-electron chi connectivity index (χ4n) is 7.27. The number of alkyl halides is 3. The molecule has 1 atom stereocenters. The van der Waals surface area contributed by atoms with E-state index >= 15 is 0 Å². The van der Waals surface area contributed by atoms with Gasteiger partial charge in [0.05, 0.1) is 10.5 Å². The summed E-state index contributed by atoms with van der Waals surface area (Å²) in [5, 5.41) is 3.35. The molecule has 1 heterocycles. The molecule has 0 spiro atoms. The lowest BCUT2D eigenvalue weighted by atomic mass is 9.53. The van der Waals surface area contributed by atoms with E-state index in [1.165, 1.54) is 29.6 Å². The Bertz CT molecular complexity index is 989. The van der Waals surface area contributed by atoms with Crippen LogP contribution < -0.4 is 5.32 Å². The zero-order chi connectivity index (χ0) is 23.4. The number of benzene rings is 1. The number of amides is 1. The Labute approximate surface area is 193 Å². The van der Waals surface area contributed by atoms with E-state index in [0.29, 0.717) is 12.5 Å². The van der Waals surface area contributed by atoms with Gasteiger partial charge in [-0.3, -0.25) is 4.79 Å². The van der Waals surface area contributed by atoms with Crippen molar-refractivity contribution in [2.45, 2.75) is 74.4 Å². The number of sulfonamides is 1. The summed E-state index contributed by atoms with van der Waals surface area (Å²) < 4.78 is 66.5. The van der Waals surface area contributed by atoms with Crippen LogP contribution in [0.1, 0.15) is 63.4 Å². The summed E-state index contributed by atoms with van der Waals surface area (Å²) >= 11 is 0. The van der Waals surface area contributed by atoms with Gasteiger partial charge in [-0.25, -0.2) is 8.42 Å². The molecule has 1 amide bonds. The number of piperidine rings is 1. The third-order valence-electron chi connectivity index (χ3n) is 8.20. The molecule has 5 fully saturated rings. The monoisotopic (exact) mass is 484 g/mol. The topological polar surface area (TPSA) is 66.5 Å². The Hall–Kier alpha value is -1.61. The fourth-order valence-corrected chi connectivity index (χ4v) is 8.87. The molecule has 5 nitrogen and oxygen atoms in total. The van der Waals surface area contributed by atoms with E-state index < -0.39 is 21.8 Å². The lowest BCUT2D eigenvalue weighted by molar-refractivity contribution is -0.137.